The van der Waals surface area contributed by atoms with E-state index >= 15 is 0 Å². The van der Waals surface area contributed by atoms with E-state index in [-0.39, 0.29) is 16.2 Å². The summed E-state index contributed by atoms with van der Waals surface area (Å²) in [7, 11) is -2.59. The minimum atomic E-state index is -3.84. The highest BCUT2D eigenvalue weighted by atomic mass is 32.2. The molecule has 1 fully saturated rings. The third-order valence-electron chi connectivity index (χ3n) is 3.52. The summed E-state index contributed by atoms with van der Waals surface area (Å²) in [5.41, 5.74) is -0.738. The Hall–Kier alpha value is -1.67. The lowest BCUT2D eigenvalue weighted by molar-refractivity contribution is -0.167. The summed E-state index contributed by atoms with van der Waals surface area (Å²) in [5, 5.41) is -1.26. The molecule has 0 unspecified atom stereocenters. The summed E-state index contributed by atoms with van der Waals surface area (Å²) < 4.78 is 35.0. The number of β-lactam (4-membered cyclic amide) rings is 1. The molecule has 0 spiro atoms. The van der Waals surface area contributed by atoms with Crippen LogP contribution in [0.1, 0.15) is 27.7 Å². The number of fused-ring (bicyclic) bond motifs is 1. The summed E-state index contributed by atoms with van der Waals surface area (Å²) in [5.74, 6) is -1.34. The average Bonchev–Trinajstić information content (AvgIpc) is 2.36. The Bertz CT molecular complexity index is 697. The molecule has 0 radical (unpaired) electrons. The first-order valence-electron chi connectivity index (χ1n) is 6.66. The van der Waals surface area contributed by atoms with Gasteiger partial charge in [-0.3, -0.25) is 9.69 Å². The predicted octanol–water partition coefficient (Wildman–Crippen LogP) is 0.728. The molecule has 8 heteroatoms. The average molecular weight is 329 g/mol. The van der Waals surface area contributed by atoms with Gasteiger partial charge in [-0.2, -0.15) is 0 Å². The van der Waals surface area contributed by atoms with Crippen LogP contribution in [0, 0.1) is 0 Å². The standard InChI is InChI=1S/C14H19NO6S/c1-7-8(2)22(18,19)12-10(20-6)11(16)15(12)9(7)13(17)21-14(3,4)5/h10,12H,2H2,1,3-6H3/t10-,12-/m0/s1. The molecule has 2 aliphatic rings. The van der Waals surface area contributed by atoms with Crippen LogP contribution in [-0.4, -0.2) is 49.4 Å². The first kappa shape index (κ1) is 16.7. The summed E-state index contributed by atoms with van der Waals surface area (Å²) in [4.78, 5) is 25.2. The fourth-order valence-corrected chi connectivity index (χ4v) is 4.30. The molecule has 1 amide bonds. The van der Waals surface area contributed by atoms with Crippen molar-refractivity contribution in [3.05, 3.63) is 22.8 Å². The maximum atomic E-state index is 12.4. The zero-order valence-electron chi connectivity index (χ0n) is 13.2. The largest absolute Gasteiger partial charge is 0.455 e. The number of carbonyl (C=O) groups excluding carboxylic acids is 2. The third kappa shape index (κ3) is 2.26. The predicted molar refractivity (Wildman–Crippen MR) is 78.0 cm³/mol. The molecular weight excluding hydrogens is 310 g/mol. The number of esters is 1. The van der Waals surface area contributed by atoms with E-state index in [1.165, 1.54) is 14.0 Å². The molecule has 122 valence electrons. The maximum absolute atomic E-state index is 12.4. The SMILES string of the molecule is C=C1C(C)=C(C(=O)OC(C)(C)C)N2C(=O)[C@H](OC)[C@@H]2S1(=O)=O. The van der Waals surface area contributed by atoms with Crippen molar-refractivity contribution in [2.24, 2.45) is 0 Å². The fourth-order valence-electron chi connectivity index (χ4n) is 2.44. The maximum Gasteiger partial charge on any atom is 0.355 e. The van der Waals surface area contributed by atoms with Crippen molar-refractivity contribution in [1.29, 1.82) is 0 Å². The quantitative estimate of drug-likeness (QED) is 0.548. The van der Waals surface area contributed by atoms with E-state index in [0.29, 0.717) is 0 Å². The molecule has 0 aromatic rings. The second kappa shape index (κ2) is 4.92. The highest BCUT2D eigenvalue weighted by Gasteiger charge is 2.61. The van der Waals surface area contributed by atoms with Crippen molar-refractivity contribution in [1.82, 2.24) is 4.90 Å². The summed E-state index contributed by atoms with van der Waals surface area (Å²) in [6.07, 6.45) is -1.13. The first-order chi connectivity index (χ1) is 9.93. The summed E-state index contributed by atoms with van der Waals surface area (Å²) >= 11 is 0. The normalized spacial score (nSPS) is 27.4. The van der Waals surface area contributed by atoms with Crippen LogP contribution in [-0.2, 0) is 28.9 Å². The number of sulfone groups is 1. The molecule has 1 saturated heterocycles. The molecule has 2 rings (SSSR count). The Morgan fingerprint density at radius 1 is 1.32 bits per heavy atom. The molecule has 0 bridgehead atoms. The van der Waals surface area contributed by atoms with Gasteiger partial charge in [0.15, 0.2) is 11.5 Å². The molecule has 0 saturated carbocycles. The molecule has 0 N–H and O–H groups in total. The molecular formula is C14H19NO6S. The number of nitrogens with zero attached hydrogens (tertiary/aromatic N) is 1. The van der Waals surface area contributed by atoms with Crippen molar-refractivity contribution in [3.63, 3.8) is 0 Å². The second-order valence-corrected chi connectivity index (χ2v) is 8.26. The monoisotopic (exact) mass is 329 g/mol. The number of allylic oxidation sites excluding steroid dienone is 1. The molecule has 7 nitrogen and oxygen atoms in total. The fraction of sp³-hybridized carbons (Fsp3) is 0.571. The Morgan fingerprint density at radius 3 is 2.32 bits per heavy atom. The van der Waals surface area contributed by atoms with Crippen LogP contribution in [0.15, 0.2) is 22.8 Å². The molecule has 0 aromatic carbocycles. The number of hydrogen-bond donors (Lipinski definition) is 0. The lowest BCUT2D eigenvalue weighted by Gasteiger charge is -2.48. The molecule has 0 aliphatic carbocycles. The van der Waals surface area contributed by atoms with Crippen LogP contribution in [0.5, 0.6) is 0 Å². The van der Waals surface area contributed by atoms with Gasteiger partial charge in [0.1, 0.15) is 11.3 Å². The number of methoxy groups -OCH3 is 1. The summed E-state index contributed by atoms with van der Waals surface area (Å²) in [6, 6.07) is 0. The molecule has 22 heavy (non-hydrogen) atoms. The van der Waals surface area contributed by atoms with E-state index in [1.54, 1.807) is 20.8 Å². The number of rotatable bonds is 2. The van der Waals surface area contributed by atoms with Gasteiger partial charge in [0.2, 0.25) is 9.84 Å². The Kier molecular flexibility index (Phi) is 3.73. The van der Waals surface area contributed by atoms with Crippen molar-refractivity contribution >= 4 is 21.7 Å². The zero-order valence-corrected chi connectivity index (χ0v) is 14.0. The van der Waals surface area contributed by atoms with Gasteiger partial charge < -0.3 is 9.47 Å². The topological polar surface area (TPSA) is 90.0 Å². The van der Waals surface area contributed by atoms with Gasteiger partial charge in [0.05, 0.1) is 4.91 Å². The van der Waals surface area contributed by atoms with Gasteiger partial charge in [0.25, 0.3) is 5.91 Å². The van der Waals surface area contributed by atoms with Crippen molar-refractivity contribution < 1.29 is 27.5 Å². The summed E-state index contributed by atoms with van der Waals surface area (Å²) in [6.45, 7) is 10.0. The highest BCUT2D eigenvalue weighted by Crippen LogP contribution is 2.42. The van der Waals surface area contributed by atoms with E-state index in [0.717, 1.165) is 4.90 Å². The van der Waals surface area contributed by atoms with Crippen molar-refractivity contribution in [2.45, 2.75) is 44.8 Å². The van der Waals surface area contributed by atoms with Crippen LogP contribution in [0.25, 0.3) is 0 Å². The molecule has 2 aliphatic heterocycles. The van der Waals surface area contributed by atoms with E-state index in [4.69, 9.17) is 9.47 Å². The highest BCUT2D eigenvalue weighted by molar-refractivity contribution is 7.96. The van der Waals surface area contributed by atoms with Crippen LogP contribution >= 0.6 is 0 Å². The zero-order chi connectivity index (χ0) is 17.0. The van der Waals surface area contributed by atoms with Gasteiger partial charge in [-0.1, -0.05) is 6.58 Å². The number of carbonyl (C=O) groups is 2. The molecule has 2 atom stereocenters. The molecule has 2 heterocycles. The van der Waals surface area contributed by atoms with Crippen LogP contribution in [0.3, 0.4) is 0 Å². The van der Waals surface area contributed by atoms with Crippen LogP contribution in [0.2, 0.25) is 0 Å². The van der Waals surface area contributed by atoms with E-state index in [2.05, 4.69) is 6.58 Å². The van der Waals surface area contributed by atoms with E-state index < -0.39 is 38.8 Å². The Morgan fingerprint density at radius 2 is 1.86 bits per heavy atom. The Balaban J connectivity index is 2.54. The second-order valence-electron chi connectivity index (χ2n) is 6.20. The minimum Gasteiger partial charge on any atom is -0.455 e. The van der Waals surface area contributed by atoms with Crippen LogP contribution in [0.4, 0.5) is 0 Å². The number of ether oxygens (including phenoxy) is 2. The van der Waals surface area contributed by atoms with E-state index in [9.17, 15) is 18.0 Å². The van der Waals surface area contributed by atoms with Crippen LogP contribution < -0.4 is 0 Å². The van der Waals surface area contributed by atoms with Gasteiger partial charge in [-0.25, -0.2) is 13.2 Å². The Labute approximate surface area is 129 Å². The minimum absolute atomic E-state index is 0.0851. The van der Waals surface area contributed by atoms with Gasteiger partial charge in [-0.05, 0) is 33.3 Å². The van der Waals surface area contributed by atoms with Gasteiger partial charge in [-0.15, -0.1) is 0 Å². The van der Waals surface area contributed by atoms with Gasteiger partial charge in [0, 0.05) is 7.11 Å². The lowest BCUT2D eigenvalue weighted by atomic mass is 10.0. The number of amides is 1. The van der Waals surface area contributed by atoms with Crippen molar-refractivity contribution in [2.75, 3.05) is 7.11 Å². The van der Waals surface area contributed by atoms with E-state index in [1.807, 2.05) is 0 Å². The lowest BCUT2D eigenvalue weighted by Crippen LogP contribution is -2.70. The first-order valence-corrected chi connectivity index (χ1v) is 8.21. The molecule has 0 aromatic heterocycles. The van der Waals surface area contributed by atoms with Gasteiger partial charge >= 0.3 is 5.97 Å². The van der Waals surface area contributed by atoms with Crippen molar-refractivity contribution in [3.8, 4) is 0 Å². The smallest absolute Gasteiger partial charge is 0.355 e. The number of hydrogen-bond acceptors (Lipinski definition) is 6. The third-order valence-corrected chi connectivity index (χ3v) is 5.60.